The first-order chi connectivity index (χ1) is 14.8. The highest BCUT2D eigenvalue weighted by Crippen LogP contribution is 2.27. The standard InChI is InChI=1S/C21H27ClN4O4S/c1-4-14(3)26(18(28)10-11-19(29)30-5-2)13-12-17(27)23-21-25-24-20(31-21)15-6-8-16(22)9-7-15/h6-9,14H,4-5,10-13H2,1-3H3,(H,23,25,27)/t14-/m1/s1. The Morgan fingerprint density at radius 2 is 1.84 bits per heavy atom. The van der Waals surface area contributed by atoms with E-state index in [0.29, 0.717) is 15.2 Å². The molecule has 0 bridgehead atoms. The quantitative estimate of drug-likeness (QED) is 0.499. The average molecular weight is 467 g/mol. The second kappa shape index (κ2) is 12.4. The molecule has 0 saturated carbocycles. The molecule has 0 spiro atoms. The van der Waals surface area contributed by atoms with Crippen molar-refractivity contribution in [3.63, 3.8) is 0 Å². The van der Waals surface area contributed by atoms with Crippen LogP contribution in [0.1, 0.15) is 46.5 Å². The first-order valence-corrected chi connectivity index (χ1v) is 11.4. The summed E-state index contributed by atoms with van der Waals surface area (Å²) in [5.41, 5.74) is 0.859. The van der Waals surface area contributed by atoms with Crippen LogP contribution in [0.15, 0.2) is 24.3 Å². The van der Waals surface area contributed by atoms with Gasteiger partial charge < -0.3 is 15.0 Å². The van der Waals surface area contributed by atoms with E-state index >= 15 is 0 Å². The Balaban J connectivity index is 1.90. The number of rotatable bonds is 11. The van der Waals surface area contributed by atoms with Crippen LogP contribution in [0.25, 0.3) is 10.6 Å². The van der Waals surface area contributed by atoms with Gasteiger partial charge in [0.25, 0.3) is 0 Å². The Bertz CT molecular complexity index is 888. The van der Waals surface area contributed by atoms with Crippen molar-refractivity contribution in [2.75, 3.05) is 18.5 Å². The van der Waals surface area contributed by atoms with Gasteiger partial charge in [0.2, 0.25) is 16.9 Å². The van der Waals surface area contributed by atoms with E-state index in [9.17, 15) is 14.4 Å². The van der Waals surface area contributed by atoms with Gasteiger partial charge in [0, 0.05) is 36.0 Å². The number of carbonyl (C=O) groups excluding carboxylic acids is 3. The number of halogens is 1. The van der Waals surface area contributed by atoms with Crippen LogP contribution in [-0.2, 0) is 19.1 Å². The van der Waals surface area contributed by atoms with Crippen molar-refractivity contribution in [1.82, 2.24) is 15.1 Å². The highest BCUT2D eigenvalue weighted by Gasteiger charge is 2.21. The van der Waals surface area contributed by atoms with Gasteiger partial charge in [-0.2, -0.15) is 0 Å². The molecule has 1 heterocycles. The maximum atomic E-state index is 12.6. The molecule has 0 aliphatic heterocycles. The molecule has 0 saturated heterocycles. The van der Waals surface area contributed by atoms with Crippen LogP contribution in [0.3, 0.4) is 0 Å². The highest BCUT2D eigenvalue weighted by atomic mass is 35.5. The summed E-state index contributed by atoms with van der Waals surface area (Å²) < 4.78 is 4.87. The van der Waals surface area contributed by atoms with E-state index in [4.69, 9.17) is 16.3 Å². The van der Waals surface area contributed by atoms with Crippen LogP contribution in [0.2, 0.25) is 5.02 Å². The Labute approximate surface area is 190 Å². The molecule has 0 unspecified atom stereocenters. The van der Waals surface area contributed by atoms with Crippen LogP contribution >= 0.6 is 22.9 Å². The van der Waals surface area contributed by atoms with Crippen molar-refractivity contribution in [3.8, 4) is 10.6 Å². The summed E-state index contributed by atoms with van der Waals surface area (Å²) in [5, 5.41) is 12.5. The molecule has 2 rings (SSSR count). The molecule has 31 heavy (non-hydrogen) atoms. The van der Waals surface area contributed by atoms with Crippen LogP contribution in [0.4, 0.5) is 5.13 Å². The van der Waals surface area contributed by atoms with Crippen molar-refractivity contribution >= 4 is 45.9 Å². The van der Waals surface area contributed by atoms with E-state index in [1.807, 2.05) is 26.0 Å². The van der Waals surface area contributed by atoms with Crippen LogP contribution in [0, 0.1) is 0 Å². The fourth-order valence-corrected chi connectivity index (χ4v) is 3.67. The van der Waals surface area contributed by atoms with Gasteiger partial charge in [0.15, 0.2) is 0 Å². The topological polar surface area (TPSA) is 101 Å². The van der Waals surface area contributed by atoms with E-state index in [0.717, 1.165) is 12.0 Å². The van der Waals surface area contributed by atoms with E-state index in [1.165, 1.54) is 11.3 Å². The van der Waals surface area contributed by atoms with Gasteiger partial charge in [-0.25, -0.2) is 0 Å². The number of aromatic nitrogens is 2. The molecule has 0 fully saturated rings. The third kappa shape index (κ3) is 7.91. The molecule has 1 N–H and O–H groups in total. The van der Waals surface area contributed by atoms with Gasteiger partial charge >= 0.3 is 5.97 Å². The number of hydrogen-bond donors (Lipinski definition) is 1. The van der Waals surface area contributed by atoms with Crippen LogP contribution in [-0.4, -0.2) is 52.1 Å². The van der Waals surface area contributed by atoms with E-state index in [1.54, 1.807) is 24.0 Å². The smallest absolute Gasteiger partial charge is 0.306 e. The molecule has 1 atom stereocenters. The molecule has 168 valence electrons. The van der Waals surface area contributed by atoms with Crippen molar-refractivity contribution in [2.24, 2.45) is 0 Å². The predicted octanol–water partition coefficient (Wildman–Crippen LogP) is 4.16. The lowest BCUT2D eigenvalue weighted by Crippen LogP contribution is -2.40. The molecule has 0 radical (unpaired) electrons. The number of esters is 1. The lowest BCUT2D eigenvalue weighted by molar-refractivity contribution is -0.146. The third-order valence-electron chi connectivity index (χ3n) is 4.63. The number of ether oxygens (including phenoxy) is 1. The number of nitrogens with one attached hydrogen (secondary N) is 1. The van der Waals surface area contributed by atoms with Gasteiger partial charge in [0.05, 0.1) is 13.0 Å². The summed E-state index contributed by atoms with van der Waals surface area (Å²) in [7, 11) is 0. The van der Waals surface area contributed by atoms with E-state index in [-0.39, 0.29) is 50.3 Å². The molecule has 1 aromatic heterocycles. The Morgan fingerprint density at radius 3 is 2.48 bits per heavy atom. The molecule has 1 aromatic carbocycles. The summed E-state index contributed by atoms with van der Waals surface area (Å²) in [4.78, 5) is 38.1. The minimum atomic E-state index is -0.398. The summed E-state index contributed by atoms with van der Waals surface area (Å²) in [6.07, 6.45) is 0.953. The van der Waals surface area contributed by atoms with Gasteiger partial charge in [-0.1, -0.05) is 42.0 Å². The summed E-state index contributed by atoms with van der Waals surface area (Å²) in [6.45, 7) is 6.15. The minimum Gasteiger partial charge on any atom is -0.466 e. The van der Waals surface area contributed by atoms with Crippen molar-refractivity contribution in [1.29, 1.82) is 0 Å². The van der Waals surface area contributed by atoms with Gasteiger partial charge in [-0.05, 0) is 32.4 Å². The second-order valence-electron chi connectivity index (χ2n) is 6.87. The molecule has 2 amide bonds. The highest BCUT2D eigenvalue weighted by molar-refractivity contribution is 7.18. The average Bonchev–Trinajstić information content (AvgIpc) is 3.21. The SMILES string of the molecule is CCOC(=O)CCC(=O)N(CCC(=O)Nc1nnc(-c2ccc(Cl)cc2)s1)[C@H](C)CC. The van der Waals surface area contributed by atoms with Gasteiger partial charge in [0.1, 0.15) is 5.01 Å². The summed E-state index contributed by atoms with van der Waals surface area (Å²) in [6, 6.07) is 7.15. The van der Waals surface area contributed by atoms with Crippen molar-refractivity contribution in [2.45, 2.75) is 52.5 Å². The number of amides is 2. The number of carbonyl (C=O) groups is 3. The molecule has 0 aliphatic carbocycles. The van der Waals surface area contributed by atoms with Crippen LogP contribution < -0.4 is 5.32 Å². The lowest BCUT2D eigenvalue weighted by Gasteiger charge is -2.28. The van der Waals surface area contributed by atoms with Crippen molar-refractivity contribution < 1.29 is 19.1 Å². The monoisotopic (exact) mass is 466 g/mol. The zero-order valence-electron chi connectivity index (χ0n) is 17.9. The Hall–Kier alpha value is -2.52. The third-order valence-corrected chi connectivity index (χ3v) is 5.77. The molecule has 2 aromatic rings. The fraction of sp³-hybridized carbons (Fsp3) is 0.476. The number of hydrogen-bond acceptors (Lipinski definition) is 7. The van der Waals surface area contributed by atoms with E-state index in [2.05, 4.69) is 15.5 Å². The largest absolute Gasteiger partial charge is 0.466 e. The molecule has 10 heteroatoms. The molecular weight excluding hydrogens is 440 g/mol. The first-order valence-electron chi connectivity index (χ1n) is 10.2. The fourth-order valence-electron chi connectivity index (χ4n) is 2.78. The number of nitrogens with zero attached hydrogens (tertiary/aromatic N) is 3. The van der Waals surface area contributed by atoms with Gasteiger partial charge in [-0.15, -0.1) is 10.2 Å². The predicted molar refractivity (Wildman–Crippen MR) is 121 cm³/mol. The number of anilines is 1. The van der Waals surface area contributed by atoms with Crippen LogP contribution in [0.5, 0.6) is 0 Å². The maximum Gasteiger partial charge on any atom is 0.306 e. The van der Waals surface area contributed by atoms with E-state index < -0.39 is 5.97 Å². The summed E-state index contributed by atoms with van der Waals surface area (Å²) in [5.74, 6) is -0.827. The first kappa shape index (κ1) is 24.7. The minimum absolute atomic E-state index is 0.0318. The zero-order valence-corrected chi connectivity index (χ0v) is 19.5. The molecule has 8 nitrogen and oxygen atoms in total. The Kier molecular flexibility index (Phi) is 9.87. The lowest BCUT2D eigenvalue weighted by atomic mass is 10.1. The summed E-state index contributed by atoms with van der Waals surface area (Å²) >= 11 is 7.16. The Morgan fingerprint density at radius 1 is 1.13 bits per heavy atom. The molecule has 0 aliphatic rings. The number of benzene rings is 1. The van der Waals surface area contributed by atoms with Crippen molar-refractivity contribution in [3.05, 3.63) is 29.3 Å². The molecular formula is C21H27ClN4O4S. The van der Waals surface area contributed by atoms with Gasteiger partial charge in [-0.3, -0.25) is 14.4 Å². The zero-order chi connectivity index (χ0) is 22.8. The second-order valence-corrected chi connectivity index (χ2v) is 8.28. The normalized spacial score (nSPS) is 11.6. The maximum absolute atomic E-state index is 12.6.